The summed E-state index contributed by atoms with van der Waals surface area (Å²) in [4.78, 5) is 0. The van der Waals surface area contributed by atoms with E-state index in [1.807, 2.05) is 0 Å². The molecule has 0 aromatic carbocycles. The van der Waals surface area contributed by atoms with Crippen LogP contribution in [0.5, 0.6) is 0 Å². The molecule has 45 valence electrons. The minimum atomic E-state index is -0.816. The Morgan fingerprint density at radius 2 is 2.25 bits per heavy atom. The SMILES string of the molecule is C=CC(F)[C]1CCC1. The average molecular weight is 113 g/mol. The molecule has 0 aromatic rings. The summed E-state index contributed by atoms with van der Waals surface area (Å²) in [6, 6.07) is 0. The highest BCUT2D eigenvalue weighted by molar-refractivity contribution is 5.10. The molecule has 0 saturated heterocycles. The lowest BCUT2D eigenvalue weighted by atomic mass is 9.82. The number of alkyl halides is 1. The Bertz CT molecular complexity index is 84.4. The Hall–Kier alpha value is -0.330. The molecule has 1 aliphatic carbocycles. The van der Waals surface area contributed by atoms with Gasteiger partial charge in [-0.05, 0) is 12.8 Å². The van der Waals surface area contributed by atoms with Crippen molar-refractivity contribution >= 4 is 0 Å². The molecule has 0 aromatic heterocycles. The Morgan fingerprint density at radius 1 is 1.62 bits per heavy atom. The minimum absolute atomic E-state index is 0.816. The Morgan fingerprint density at radius 3 is 2.38 bits per heavy atom. The van der Waals surface area contributed by atoms with Crippen LogP contribution in [0.2, 0.25) is 0 Å². The third kappa shape index (κ3) is 0.908. The van der Waals surface area contributed by atoms with Crippen LogP contribution < -0.4 is 0 Å². The van der Waals surface area contributed by atoms with E-state index >= 15 is 0 Å². The van der Waals surface area contributed by atoms with Crippen LogP contribution in [0.4, 0.5) is 4.39 Å². The molecule has 0 heterocycles. The number of hydrogen-bond donors (Lipinski definition) is 0. The molecule has 1 aliphatic rings. The van der Waals surface area contributed by atoms with Gasteiger partial charge in [0.1, 0.15) is 6.17 Å². The lowest BCUT2D eigenvalue weighted by Crippen LogP contribution is -2.18. The molecule has 0 nitrogen and oxygen atoms in total. The van der Waals surface area contributed by atoms with Crippen molar-refractivity contribution in [2.45, 2.75) is 25.4 Å². The van der Waals surface area contributed by atoms with Crippen LogP contribution in [0.15, 0.2) is 12.7 Å². The maximum atomic E-state index is 12.4. The van der Waals surface area contributed by atoms with Gasteiger partial charge in [-0.15, -0.1) is 6.58 Å². The van der Waals surface area contributed by atoms with E-state index in [2.05, 4.69) is 6.58 Å². The Kier molecular flexibility index (Phi) is 1.66. The summed E-state index contributed by atoms with van der Waals surface area (Å²) in [7, 11) is 0. The van der Waals surface area contributed by atoms with E-state index in [0.29, 0.717) is 0 Å². The molecule has 0 bridgehead atoms. The summed E-state index contributed by atoms with van der Waals surface area (Å²) in [5.74, 6) is 1.03. The van der Waals surface area contributed by atoms with Gasteiger partial charge >= 0.3 is 0 Å². The van der Waals surface area contributed by atoms with Crippen LogP contribution in [-0.4, -0.2) is 6.17 Å². The highest BCUT2D eigenvalue weighted by Gasteiger charge is 2.24. The highest BCUT2D eigenvalue weighted by atomic mass is 19.1. The normalized spacial score (nSPS) is 24.1. The van der Waals surface area contributed by atoms with Gasteiger partial charge in [0.25, 0.3) is 0 Å². The van der Waals surface area contributed by atoms with E-state index in [1.165, 1.54) is 12.5 Å². The van der Waals surface area contributed by atoms with Crippen LogP contribution in [0.25, 0.3) is 0 Å². The van der Waals surface area contributed by atoms with Crippen LogP contribution in [0.3, 0.4) is 0 Å². The van der Waals surface area contributed by atoms with E-state index in [9.17, 15) is 4.39 Å². The summed E-state index contributed by atoms with van der Waals surface area (Å²) in [6.45, 7) is 3.37. The monoisotopic (exact) mass is 113 g/mol. The zero-order chi connectivity index (χ0) is 5.98. The Labute approximate surface area is 49.4 Å². The zero-order valence-corrected chi connectivity index (χ0v) is 4.86. The standard InChI is InChI=1S/C7H10F/c1-2-7(8)6-4-3-5-6/h2,7H,1,3-5H2. The second-order valence-corrected chi connectivity index (χ2v) is 2.15. The van der Waals surface area contributed by atoms with Gasteiger partial charge in [0, 0.05) is 5.92 Å². The van der Waals surface area contributed by atoms with Gasteiger partial charge in [0.2, 0.25) is 0 Å². The Balaban J connectivity index is 2.22. The summed E-state index contributed by atoms with van der Waals surface area (Å²) < 4.78 is 12.4. The van der Waals surface area contributed by atoms with Gasteiger partial charge in [0.05, 0.1) is 0 Å². The minimum Gasteiger partial charge on any atom is -0.242 e. The second kappa shape index (κ2) is 2.29. The fourth-order valence-corrected chi connectivity index (χ4v) is 0.823. The van der Waals surface area contributed by atoms with Crippen LogP contribution >= 0.6 is 0 Å². The lowest BCUT2D eigenvalue weighted by Gasteiger charge is -2.25. The quantitative estimate of drug-likeness (QED) is 0.482. The van der Waals surface area contributed by atoms with Gasteiger partial charge in [0.15, 0.2) is 0 Å². The molecule has 0 spiro atoms. The summed E-state index contributed by atoms with van der Waals surface area (Å²) >= 11 is 0. The fourth-order valence-electron chi connectivity index (χ4n) is 0.823. The van der Waals surface area contributed by atoms with E-state index in [-0.39, 0.29) is 0 Å². The molecular formula is C7H10F. The predicted molar refractivity (Wildman–Crippen MR) is 32.2 cm³/mol. The molecule has 8 heavy (non-hydrogen) atoms. The van der Waals surface area contributed by atoms with Crippen molar-refractivity contribution in [2.24, 2.45) is 0 Å². The summed E-state index contributed by atoms with van der Waals surface area (Å²) in [5, 5.41) is 0. The topological polar surface area (TPSA) is 0 Å². The van der Waals surface area contributed by atoms with Crippen molar-refractivity contribution in [1.82, 2.24) is 0 Å². The zero-order valence-electron chi connectivity index (χ0n) is 4.86. The van der Waals surface area contributed by atoms with Gasteiger partial charge < -0.3 is 0 Å². The first-order valence-electron chi connectivity index (χ1n) is 2.96. The third-order valence-electron chi connectivity index (χ3n) is 1.59. The maximum Gasteiger partial charge on any atom is 0.124 e. The van der Waals surface area contributed by atoms with E-state index in [0.717, 1.165) is 18.8 Å². The molecule has 0 N–H and O–H groups in total. The molecule has 1 atom stereocenters. The van der Waals surface area contributed by atoms with Crippen LogP contribution in [-0.2, 0) is 0 Å². The first kappa shape index (κ1) is 5.80. The fraction of sp³-hybridized carbons (Fsp3) is 0.571. The van der Waals surface area contributed by atoms with Crippen molar-refractivity contribution in [3.05, 3.63) is 18.6 Å². The second-order valence-electron chi connectivity index (χ2n) is 2.15. The molecule has 1 saturated carbocycles. The summed E-state index contributed by atoms with van der Waals surface area (Å²) in [5.41, 5.74) is 0. The van der Waals surface area contributed by atoms with Crippen LogP contribution in [0.1, 0.15) is 19.3 Å². The number of rotatable bonds is 2. The van der Waals surface area contributed by atoms with E-state index in [1.54, 1.807) is 0 Å². The molecule has 1 radical (unpaired) electrons. The predicted octanol–water partition coefficient (Wildman–Crippen LogP) is 2.27. The molecule has 1 fully saturated rings. The summed E-state index contributed by atoms with van der Waals surface area (Å²) in [6.07, 6.45) is 3.68. The van der Waals surface area contributed by atoms with Gasteiger partial charge in [-0.25, -0.2) is 4.39 Å². The van der Waals surface area contributed by atoms with Crippen molar-refractivity contribution in [2.75, 3.05) is 0 Å². The third-order valence-corrected chi connectivity index (χ3v) is 1.59. The van der Waals surface area contributed by atoms with Gasteiger partial charge in [-0.2, -0.15) is 0 Å². The molecular weight excluding hydrogens is 103 g/mol. The number of hydrogen-bond acceptors (Lipinski definition) is 0. The van der Waals surface area contributed by atoms with Gasteiger partial charge in [-0.1, -0.05) is 12.5 Å². The average Bonchev–Trinajstić information content (AvgIpc) is 1.62. The first-order chi connectivity index (χ1) is 3.84. The number of halogens is 1. The van der Waals surface area contributed by atoms with E-state index in [4.69, 9.17) is 0 Å². The molecule has 1 rings (SSSR count). The van der Waals surface area contributed by atoms with Crippen molar-refractivity contribution in [3.63, 3.8) is 0 Å². The smallest absolute Gasteiger partial charge is 0.124 e. The van der Waals surface area contributed by atoms with Crippen LogP contribution in [0, 0.1) is 5.92 Å². The largest absolute Gasteiger partial charge is 0.242 e. The van der Waals surface area contributed by atoms with Crippen molar-refractivity contribution in [3.8, 4) is 0 Å². The first-order valence-corrected chi connectivity index (χ1v) is 2.96. The molecule has 1 heteroatoms. The maximum absolute atomic E-state index is 12.4. The molecule has 0 aliphatic heterocycles. The lowest BCUT2D eigenvalue weighted by molar-refractivity contribution is 0.337. The van der Waals surface area contributed by atoms with E-state index < -0.39 is 6.17 Å². The van der Waals surface area contributed by atoms with Gasteiger partial charge in [-0.3, -0.25) is 0 Å². The molecule has 1 unspecified atom stereocenters. The molecule has 0 amide bonds. The number of allylic oxidation sites excluding steroid dienone is 1. The van der Waals surface area contributed by atoms with Crippen molar-refractivity contribution in [1.29, 1.82) is 0 Å². The highest BCUT2D eigenvalue weighted by Crippen LogP contribution is 2.33. The van der Waals surface area contributed by atoms with Crippen molar-refractivity contribution < 1.29 is 4.39 Å².